The third-order valence-corrected chi connectivity index (χ3v) is 3.26. The lowest BCUT2D eigenvalue weighted by molar-refractivity contribution is -0.131. The summed E-state index contributed by atoms with van der Waals surface area (Å²) in [4.78, 5) is 11.8. The summed E-state index contributed by atoms with van der Waals surface area (Å²) in [5.41, 5.74) is 0.103. The molecule has 1 fully saturated rings. The van der Waals surface area contributed by atoms with Crippen molar-refractivity contribution in [3.8, 4) is 0 Å². The van der Waals surface area contributed by atoms with Gasteiger partial charge in [-0.3, -0.25) is 4.79 Å². The van der Waals surface area contributed by atoms with Crippen molar-refractivity contribution < 1.29 is 9.53 Å². The van der Waals surface area contributed by atoms with Gasteiger partial charge in [0.15, 0.2) is 0 Å². The number of amides is 1. The van der Waals surface area contributed by atoms with E-state index >= 15 is 0 Å². The van der Waals surface area contributed by atoms with Crippen LogP contribution in [-0.2, 0) is 9.53 Å². The molecular weight excluding hydrogens is 216 g/mol. The third kappa shape index (κ3) is 4.28. The monoisotopic (exact) mass is 242 g/mol. The topological polar surface area (TPSA) is 50.4 Å². The Morgan fingerprint density at radius 3 is 2.18 bits per heavy atom. The summed E-state index contributed by atoms with van der Waals surface area (Å²) in [7, 11) is 1.56. The molecule has 1 atom stereocenters. The number of carbonyl (C=O) groups excluding carboxylic acids is 1. The Balaban J connectivity index is 2.63. The second-order valence-corrected chi connectivity index (χ2v) is 6.38. The van der Waals surface area contributed by atoms with E-state index in [-0.39, 0.29) is 29.1 Å². The van der Waals surface area contributed by atoms with Crippen LogP contribution in [0.2, 0.25) is 0 Å². The molecule has 2 N–H and O–H groups in total. The molecule has 0 aromatic carbocycles. The molecule has 0 aromatic rings. The molecule has 1 saturated heterocycles. The molecule has 1 amide bonds. The minimum atomic E-state index is -0.379. The highest BCUT2D eigenvalue weighted by Gasteiger charge is 2.38. The van der Waals surface area contributed by atoms with E-state index in [0.29, 0.717) is 0 Å². The van der Waals surface area contributed by atoms with Crippen molar-refractivity contribution in [2.45, 2.75) is 70.7 Å². The maximum absolute atomic E-state index is 11.8. The first-order valence-electron chi connectivity index (χ1n) is 6.28. The minimum Gasteiger partial charge on any atom is -0.372 e. The number of piperidine rings is 1. The van der Waals surface area contributed by atoms with Crippen LogP contribution in [0.1, 0.15) is 47.5 Å². The molecule has 1 heterocycles. The van der Waals surface area contributed by atoms with Gasteiger partial charge < -0.3 is 15.4 Å². The van der Waals surface area contributed by atoms with E-state index in [0.717, 1.165) is 12.8 Å². The van der Waals surface area contributed by atoms with Crippen LogP contribution in [0.25, 0.3) is 0 Å². The number of carbonyl (C=O) groups is 1. The molecular formula is C13H26N2O2. The molecule has 1 aliphatic rings. The molecule has 4 nitrogen and oxygen atoms in total. The highest BCUT2D eigenvalue weighted by atomic mass is 16.5. The molecule has 1 aliphatic heterocycles. The fourth-order valence-electron chi connectivity index (χ4n) is 2.85. The smallest absolute Gasteiger partial charge is 0.249 e. The van der Waals surface area contributed by atoms with Crippen molar-refractivity contribution >= 4 is 5.91 Å². The van der Waals surface area contributed by atoms with Crippen molar-refractivity contribution in [1.29, 1.82) is 0 Å². The molecule has 0 bridgehead atoms. The number of ether oxygens (including phenoxy) is 1. The Hall–Kier alpha value is -0.610. The van der Waals surface area contributed by atoms with Crippen LogP contribution in [0.3, 0.4) is 0 Å². The van der Waals surface area contributed by atoms with Gasteiger partial charge in [0.2, 0.25) is 5.91 Å². The highest BCUT2D eigenvalue weighted by molar-refractivity contribution is 5.80. The normalized spacial score (nSPS) is 25.3. The summed E-state index contributed by atoms with van der Waals surface area (Å²) in [6.07, 6.45) is 1.51. The highest BCUT2D eigenvalue weighted by Crippen LogP contribution is 2.28. The van der Waals surface area contributed by atoms with Crippen LogP contribution in [0.4, 0.5) is 0 Å². The van der Waals surface area contributed by atoms with Gasteiger partial charge in [-0.2, -0.15) is 0 Å². The van der Waals surface area contributed by atoms with Crippen molar-refractivity contribution in [2.24, 2.45) is 0 Å². The second kappa shape index (κ2) is 4.94. The zero-order chi connectivity index (χ0) is 13.3. The van der Waals surface area contributed by atoms with Crippen LogP contribution in [-0.4, -0.2) is 36.2 Å². The van der Waals surface area contributed by atoms with Crippen LogP contribution >= 0.6 is 0 Å². The Morgan fingerprint density at radius 2 is 1.76 bits per heavy atom. The number of methoxy groups -OCH3 is 1. The summed E-state index contributed by atoms with van der Waals surface area (Å²) >= 11 is 0. The predicted octanol–water partition coefficient (Wildman–Crippen LogP) is 1.45. The zero-order valence-electron chi connectivity index (χ0n) is 11.9. The Kier molecular flexibility index (Phi) is 4.20. The van der Waals surface area contributed by atoms with Crippen LogP contribution in [0.5, 0.6) is 0 Å². The number of rotatable bonds is 3. The first-order valence-corrected chi connectivity index (χ1v) is 6.28. The van der Waals surface area contributed by atoms with Gasteiger partial charge in [0.05, 0.1) is 0 Å². The molecule has 4 heteroatoms. The number of hydrogen-bond donors (Lipinski definition) is 2. The standard InChI is InChI=1S/C13H26N2O2/c1-9(17-6)11(16)14-10-7-12(2,3)15-13(4,5)8-10/h9-10,15H,7-8H2,1-6H3,(H,14,16). The molecule has 1 rings (SSSR count). The van der Waals surface area contributed by atoms with E-state index in [4.69, 9.17) is 4.74 Å². The first kappa shape index (κ1) is 14.5. The van der Waals surface area contributed by atoms with Gasteiger partial charge >= 0.3 is 0 Å². The zero-order valence-corrected chi connectivity index (χ0v) is 11.9. The van der Waals surface area contributed by atoms with Gasteiger partial charge in [0.25, 0.3) is 0 Å². The van der Waals surface area contributed by atoms with Gasteiger partial charge in [-0.25, -0.2) is 0 Å². The van der Waals surface area contributed by atoms with E-state index < -0.39 is 0 Å². The second-order valence-electron chi connectivity index (χ2n) is 6.38. The maximum atomic E-state index is 11.8. The lowest BCUT2D eigenvalue weighted by Crippen LogP contribution is -2.62. The maximum Gasteiger partial charge on any atom is 0.249 e. The first-order chi connectivity index (χ1) is 7.65. The van der Waals surface area contributed by atoms with E-state index in [1.807, 2.05) is 0 Å². The summed E-state index contributed by atoms with van der Waals surface area (Å²) in [5, 5.41) is 6.67. The Labute approximate surface area is 104 Å². The van der Waals surface area contributed by atoms with Gasteiger partial charge in [0, 0.05) is 24.2 Å². The van der Waals surface area contributed by atoms with Gasteiger partial charge in [-0.1, -0.05) is 0 Å². The van der Waals surface area contributed by atoms with Gasteiger partial charge in [0.1, 0.15) is 6.10 Å². The van der Waals surface area contributed by atoms with Crippen molar-refractivity contribution in [3.05, 3.63) is 0 Å². The fraction of sp³-hybridized carbons (Fsp3) is 0.923. The van der Waals surface area contributed by atoms with E-state index in [1.165, 1.54) is 0 Å². The summed E-state index contributed by atoms with van der Waals surface area (Å²) in [6.45, 7) is 10.5. The lowest BCUT2D eigenvalue weighted by atomic mass is 9.79. The Bertz CT molecular complexity index is 271. The Morgan fingerprint density at radius 1 is 1.29 bits per heavy atom. The summed E-state index contributed by atoms with van der Waals surface area (Å²) < 4.78 is 5.03. The molecule has 0 spiro atoms. The van der Waals surface area contributed by atoms with Crippen LogP contribution in [0.15, 0.2) is 0 Å². The number of nitrogens with one attached hydrogen (secondary N) is 2. The van der Waals surface area contributed by atoms with Gasteiger partial charge in [-0.15, -0.1) is 0 Å². The van der Waals surface area contributed by atoms with Crippen LogP contribution in [0, 0.1) is 0 Å². The largest absolute Gasteiger partial charge is 0.372 e. The minimum absolute atomic E-state index is 0.0222. The molecule has 0 aromatic heterocycles. The van der Waals surface area contributed by atoms with Crippen LogP contribution < -0.4 is 10.6 Å². The lowest BCUT2D eigenvalue weighted by Gasteiger charge is -2.46. The van der Waals surface area contributed by atoms with E-state index in [2.05, 4.69) is 38.3 Å². The molecule has 0 saturated carbocycles. The molecule has 0 aliphatic carbocycles. The molecule has 0 radical (unpaired) electrons. The fourth-order valence-corrected chi connectivity index (χ4v) is 2.85. The van der Waals surface area contributed by atoms with Gasteiger partial charge in [-0.05, 0) is 47.5 Å². The van der Waals surface area contributed by atoms with Crippen molar-refractivity contribution in [1.82, 2.24) is 10.6 Å². The van der Waals surface area contributed by atoms with Crippen molar-refractivity contribution in [2.75, 3.05) is 7.11 Å². The molecule has 17 heavy (non-hydrogen) atoms. The van der Waals surface area contributed by atoms with Crippen molar-refractivity contribution in [3.63, 3.8) is 0 Å². The quantitative estimate of drug-likeness (QED) is 0.787. The average Bonchev–Trinajstić information content (AvgIpc) is 2.11. The number of hydrogen-bond acceptors (Lipinski definition) is 3. The summed E-state index contributed by atoms with van der Waals surface area (Å²) in [6, 6.07) is 0.214. The average molecular weight is 242 g/mol. The molecule has 100 valence electrons. The van der Waals surface area contributed by atoms with E-state index in [1.54, 1.807) is 14.0 Å². The molecule has 1 unspecified atom stereocenters. The predicted molar refractivity (Wildman–Crippen MR) is 68.9 cm³/mol. The summed E-state index contributed by atoms with van der Waals surface area (Å²) in [5.74, 6) is -0.0222. The van der Waals surface area contributed by atoms with E-state index in [9.17, 15) is 4.79 Å². The third-order valence-electron chi connectivity index (χ3n) is 3.26. The SMILES string of the molecule is COC(C)C(=O)NC1CC(C)(C)NC(C)(C)C1.